The van der Waals surface area contributed by atoms with Gasteiger partial charge in [0.15, 0.2) is 17.3 Å². The minimum Gasteiger partial charge on any atom is -0.493 e. The zero-order valence-corrected chi connectivity index (χ0v) is 11.4. The summed E-state index contributed by atoms with van der Waals surface area (Å²) in [6, 6.07) is 3.35. The largest absolute Gasteiger partial charge is 0.493 e. The third-order valence-electron chi connectivity index (χ3n) is 3.54. The summed E-state index contributed by atoms with van der Waals surface area (Å²) in [5.74, 6) is 0.258. The number of hydrogen-bond donors (Lipinski definition) is 0. The molecule has 0 bridgehead atoms. The number of carbonyl (C=O) groups excluding carboxylic acids is 2. The molecule has 5 nitrogen and oxygen atoms in total. The van der Waals surface area contributed by atoms with Crippen molar-refractivity contribution in [3.05, 3.63) is 23.3 Å². The van der Waals surface area contributed by atoms with E-state index in [-0.39, 0.29) is 5.78 Å². The van der Waals surface area contributed by atoms with E-state index in [1.165, 1.54) is 21.3 Å². The van der Waals surface area contributed by atoms with E-state index in [1.54, 1.807) is 19.1 Å². The van der Waals surface area contributed by atoms with Crippen LogP contribution in [0, 0.1) is 5.41 Å². The molecule has 19 heavy (non-hydrogen) atoms. The molecule has 2 rings (SSSR count). The van der Waals surface area contributed by atoms with E-state index in [9.17, 15) is 9.59 Å². The molecule has 1 unspecified atom stereocenters. The molecule has 0 saturated heterocycles. The van der Waals surface area contributed by atoms with Crippen LogP contribution in [0.2, 0.25) is 0 Å². The van der Waals surface area contributed by atoms with Crippen LogP contribution in [0.15, 0.2) is 12.1 Å². The standard InChI is InChI=1S/C14H16O5/c1-14(13(16)19-4)7-8-5-10(17-2)11(18-3)6-9(8)12(14)15/h5-6H,7H2,1-4H3. The summed E-state index contributed by atoms with van der Waals surface area (Å²) in [7, 11) is 4.31. The lowest BCUT2D eigenvalue weighted by Gasteiger charge is -2.17. The number of rotatable bonds is 3. The number of Topliss-reactive ketones (excluding diaryl/α,β-unsaturated/α-hetero) is 1. The van der Waals surface area contributed by atoms with Gasteiger partial charge in [-0.25, -0.2) is 0 Å². The Morgan fingerprint density at radius 1 is 1.16 bits per heavy atom. The van der Waals surface area contributed by atoms with Gasteiger partial charge in [-0.3, -0.25) is 9.59 Å². The predicted molar refractivity (Wildman–Crippen MR) is 67.7 cm³/mol. The monoisotopic (exact) mass is 264 g/mol. The second-order valence-electron chi connectivity index (χ2n) is 4.69. The van der Waals surface area contributed by atoms with Crippen LogP contribution in [0.1, 0.15) is 22.8 Å². The number of benzene rings is 1. The summed E-state index contributed by atoms with van der Waals surface area (Å²) < 4.78 is 15.1. The van der Waals surface area contributed by atoms with Crippen molar-refractivity contribution >= 4 is 11.8 Å². The van der Waals surface area contributed by atoms with Crippen molar-refractivity contribution in [1.29, 1.82) is 0 Å². The summed E-state index contributed by atoms with van der Waals surface area (Å²) in [6.07, 6.45) is 0.314. The first-order valence-corrected chi connectivity index (χ1v) is 5.86. The van der Waals surface area contributed by atoms with Crippen LogP contribution in [0.4, 0.5) is 0 Å². The molecule has 0 saturated carbocycles. The van der Waals surface area contributed by atoms with Gasteiger partial charge in [-0.1, -0.05) is 0 Å². The molecule has 102 valence electrons. The van der Waals surface area contributed by atoms with Gasteiger partial charge in [-0.05, 0) is 31.0 Å². The van der Waals surface area contributed by atoms with E-state index < -0.39 is 11.4 Å². The van der Waals surface area contributed by atoms with E-state index in [0.29, 0.717) is 23.5 Å². The lowest BCUT2D eigenvalue weighted by Crippen LogP contribution is -2.34. The van der Waals surface area contributed by atoms with Gasteiger partial charge < -0.3 is 14.2 Å². The normalized spacial score (nSPS) is 20.9. The highest BCUT2D eigenvalue weighted by Gasteiger charge is 2.49. The first kappa shape index (κ1) is 13.4. The number of esters is 1. The molecule has 0 spiro atoms. The van der Waals surface area contributed by atoms with Gasteiger partial charge in [0.25, 0.3) is 0 Å². The average Bonchev–Trinajstić information content (AvgIpc) is 2.68. The van der Waals surface area contributed by atoms with E-state index >= 15 is 0 Å². The number of fused-ring (bicyclic) bond motifs is 1. The molecule has 0 fully saturated rings. The van der Waals surface area contributed by atoms with Crippen LogP contribution < -0.4 is 9.47 Å². The molecule has 1 aromatic rings. The third-order valence-corrected chi connectivity index (χ3v) is 3.54. The second-order valence-corrected chi connectivity index (χ2v) is 4.69. The van der Waals surface area contributed by atoms with Crippen LogP contribution in [0.25, 0.3) is 0 Å². The lowest BCUT2D eigenvalue weighted by molar-refractivity contribution is -0.148. The van der Waals surface area contributed by atoms with Crippen molar-refractivity contribution in [2.75, 3.05) is 21.3 Å². The van der Waals surface area contributed by atoms with Crippen LogP contribution in [-0.2, 0) is 16.0 Å². The molecular weight excluding hydrogens is 248 g/mol. The Labute approximate surface area is 111 Å². The quantitative estimate of drug-likeness (QED) is 0.613. The topological polar surface area (TPSA) is 61.8 Å². The average molecular weight is 264 g/mol. The lowest BCUT2D eigenvalue weighted by atomic mass is 9.86. The van der Waals surface area contributed by atoms with Gasteiger partial charge in [-0.15, -0.1) is 0 Å². The highest BCUT2D eigenvalue weighted by Crippen LogP contribution is 2.42. The van der Waals surface area contributed by atoms with E-state index in [2.05, 4.69) is 0 Å². The van der Waals surface area contributed by atoms with Gasteiger partial charge in [0.1, 0.15) is 5.41 Å². The number of hydrogen-bond acceptors (Lipinski definition) is 5. The molecule has 1 aromatic carbocycles. The molecule has 0 aliphatic heterocycles. The highest BCUT2D eigenvalue weighted by atomic mass is 16.5. The van der Waals surface area contributed by atoms with Gasteiger partial charge in [0, 0.05) is 5.56 Å². The molecule has 0 amide bonds. The van der Waals surface area contributed by atoms with Gasteiger partial charge in [0.05, 0.1) is 21.3 Å². The van der Waals surface area contributed by atoms with E-state index in [0.717, 1.165) is 5.56 Å². The molecule has 0 aromatic heterocycles. The minimum absolute atomic E-state index is 0.240. The van der Waals surface area contributed by atoms with Gasteiger partial charge >= 0.3 is 5.97 Å². The summed E-state index contributed by atoms with van der Waals surface area (Å²) in [4.78, 5) is 24.2. The van der Waals surface area contributed by atoms with Crippen molar-refractivity contribution < 1.29 is 23.8 Å². The Morgan fingerprint density at radius 3 is 2.26 bits per heavy atom. The summed E-state index contributed by atoms with van der Waals surface area (Å²) in [5.41, 5.74) is 0.107. The highest BCUT2D eigenvalue weighted by molar-refractivity contribution is 6.16. The molecule has 0 radical (unpaired) electrons. The maximum atomic E-state index is 12.4. The van der Waals surface area contributed by atoms with Gasteiger partial charge in [0.2, 0.25) is 0 Å². The zero-order valence-electron chi connectivity index (χ0n) is 11.4. The Bertz CT molecular complexity index is 549. The number of ether oxygens (including phenoxy) is 3. The van der Waals surface area contributed by atoms with Crippen LogP contribution >= 0.6 is 0 Å². The molecule has 0 heterocycles. The fourth-order valence-electron chi connectivity index (χ4n) is 2.43. The first-order valence-electron chi connectivity index (χ1n) is 5.86. The molecule has 1 atom stereocenters. The smallest absolute Gasteiger partial charge is 0.319 e. The maximum Gasteiger partial charge on any atom is 0.319 e. The first-order chi connectivity index (χ1) is 8.97. The van der Waals surface area contributed by atoms with Crippen molar-refractivity contribution in [2.45, 2.75) is 13.3 Å². The van der Waals surface area contributed by atoms with Crippen molar-refractivity contribution in [3.63, 3.8) is 0 Å². The Hall–Kier alpha value is -2.04. The van der Waals surface area contributed by atoms with E-state index in [4.69, 9.17) is 14.2 Å². The van der Waals surface area contributed by atoms with Crippen LogP contribution in [0.5, 0.6) is 11.5 Å². The SMILES string of the molecule is COC(=O)C1(C)Cc2cc(OC)c(OC)cc2C1=O. The summed E-state index contributed by atoms with van der Waals surface area (Å²) >= 11 is 0. The predicted octanol–water partition coefficient (Wildman–Crippen LogP) is 1.62. The molecule has 1 aliphatic rings. The Balaban J connectivity index is 2.52. The second kappa shape index (κ2) is 4.57. The van der Waals surface area contributed by atoms with Crippen LogP contribution in [-0.4, -0.2) is 33.1 Å². The Kier molecular flexibility index (Phi) is 3.22. The van der Waals surface area contributed by atoms with Crippen molar-refractivity contribution in [1.82, 2.24) is 0 Å². The van der Waals surface area contributed by atoms with Gasteiger partial charge in [-0.2, -0.15) is 0 Å². The van der Waals surface area contributed by atoms with Crippen LogP contribution in [0.3, 0.4) is 0 Å². The molecule has 0 N–H and O–H groups in total. The molecule has 5 heteroatoms. The molecule has 1 aliphatic carbocycles. The maximum absolute atomic E-state index is 12.4. The zero-order chi connectivity index (χ0) is 14.2. The third kappa shape index (κ3) is 1.85. The van der Waals surface area contributed by atoms with Crippen molar-refractivity contribution in [2.24, 2.45) is 5.41 Å². The van der Waals surface area contributed by atoms with E-state index in [1.807, 2.05) is 0 Å². The minimum atomic E-state index is -1.16. The fourth-order valence-corrected chi connectivity index (χ4v) is 2.43. The summed E-state index contributed by atoms with van der Waals surface area (Å²) in [5, 5.41) is 0. The molecular formula is C14H16O5. The number of carbonyl (C=O) groups is 2. The fraction of sp³-hybridized carbons (Fsp3) is 0.429. The van der Waals surface area contributed by atoms with Crippen molar-refractivity contribution in [3.8, 4) is 11.5 Å². The summed E-state index contributed by atoms with van der Waals surface area (Å²) in [6.45, 7) is 1.60. The number of ketones is 1. The number of methoxy groups -OCH3 is 3. The Morgan fingerprint density at radius 2 is 1.74 bits per heavy atom.